The van der Waals surface area contributed by atoms with Crippen LogP contribution in [0.15, 0.2) is 24.5 Å². The van der Waals surface area contributed by atoms with E-state index < -0.39 is 0 Å². The number of fused-ring (bicyclic) bond motifs is 1. The van der Waals surface area contributed by atoms with Gasteiger partial charge in [0.15, 0.2) is 11.0 Å². The predicted octanol–water partition coefficient (Wildman–Crippen LogP) is 3.00. The second-order valence-corrected chi connectivity index (χ2v) is 5.78. The average molecular weight is 303 g/mol. The van der Waals surface area contributed by atoms with Gasteiger partial charge in [-0.2, -0.15) is 0 Å². The fourth-order valence-electron chi connectivity index (χ4n) is 2.16. The molecule has 3 aromatic rings. The van der Waals surface area contributed by atoms with E-state index in [4.69, 9.17) is 4.74 Å². The lowest BCUT2D eigenvalue weighted by Crippen LogP contribution is -2.11. The van der Waals surface area contributed by atoms with Gasteiger partial charge in [0, 0.05) is 7.05 Å². The Bertz CT molecular complexity index is 751. The summed E-state index contributed by atoms with van der Waals surface area (Å²) in [4.78, 5) is 4.59. The summed E-state index contributed by atoms with van der Waals surface area (Å²) in [7, 11) is 1.93. The Morgan fingerprint density at radius 3 is 3.00 bits per heavy atom. The van der Waals surface area contributed by atoms with Gasteiger partial charge in [-0.1, -0.05) is 11.3 Å². The summed E-state index contributed by atoms with van der Waals surface area (Å²) in [5, 5.41) is 12.2. The molecule has 0 amide bonds. The van der Waals surface area contributed by atoms with Gasteiger partial charge < -0.3 is 14.6 Å². The molecule has 1 unspecified atom stereocenters. The number of nitrogens with one attached hydrogen (secondary N) is 1. The Kier molecular flexibility index (Phi) is 3.74. The number of aryl methyl sites for hydroxylation is 1. The van der Waals surface area contributed by atoms with Crippen LogP contribution in [0.2, 0.25) is 0 Å². The van der Waals surface area contributed by atoms with Crippen LogP contribution in [0.3, 0.4) is 0 Å². The molecule has 0 aliphatic rings. The molecule has 0 radical (unpaired) electrons. The molecular formula is C14H17N5OS. The van der Waals surface area contributed by atoms with Gasteiger partial charge in [0.05, 0.1) is 22.9 Å². The molecule has 7 heteroatoms. The number of anilines is 1. The van der Waals surface area contributed by atoms with Crippen LogP contribution in [-0.4, -0.2) is 26.4 Å². The van der Waals surface area contributed by atoms with Crippen LogP contribution in [0.25, 0.3) is 10.2 Å². The molecule has 0 saturated carbocycles. The van der Waals surface area contributed by atoms with Crippen molar-refractivity contribution in [3.63, 3.8) is 0 Å². The molecule has 6 nitrogen and oxygen atoms in total. The van der Waals surface area contributed by atoms with E-state index in [2.05, 4.69) is 20.5 Å². The Morgan fingerprint density at radius 2 is 2.29 bits per heavy atom. The summed E-state index contributed by atoms with van der Waals surface area (Å²) >= 11 is 1.61. The molecule has 1 aromatic carbocycles. The monoisotopic (exact) mass is 303 g/mol. The Balaban J connectivity index is 1.82. The number of thiazole rings is 1. The van der Waals surface area contributed by atoms with Crippen molar-refractivity contribution in [3.8, 4) is 5.75 Å². The number of rotatable bonds is 5. The molecule has 1 atom stereocenters. The minimum absolute atomic E-state index is 0.0458. The number of hydrogen-bond acceptors (Lipinski definition) is 6. The molecule has 0 saturated heterocycles. The van der Waals surface area contributed by atoms with Gasteiger partial charge in [0.2, 0.25) is 0 Å². The van der Waals surface area contributed by atoms with Crippen LogP contribution in [0.4, 0.5) is 5.13 Å². The van der Waals surface area contributed by atoms with Crippen molar-refractivity contribution in [1.82, 2.24) is 19.7 Å². The number of nitrogens with zero attached hydrogens (tertiary/aromatic N) is 4. The van der Waals surface area contributed by atoms with E-state index in [0.29, 0.717) is 6.61 Å². The standard InChI is InChI=1S/C14H17N5OS/c1-4-20-10-5-6-11-12(7-10)21-14(17-11)16-9(2)13-18-15-8-19(13)3/h5-9H,4H2,1-3H3,(H,16,17). The molecule has 0 aliphatic carbocycles. The summed E-state index contributed by atoms with van der Waals surface area (Å²) in [5.41, 5.74) is 0.969. The van der Waals surface area contributed by atoms with Crippen LogP contribution in [0.1, 0.15) is 25.7 Å². The van der Waals surface area contributed by atoms with Crippen molar-refractivity contribution < 1.29 is 4.74 Å². The van der Waals surface area contributed by atoms with Crippen molar-refractivity contribution >= 4 is 26.7 Å². The third-order valence-corrected chi connectivity index (χ3v) is 4.09. The van der Waals surface area contributed by atoms with Crippen LogP contribution in [0.5, 0.6) is 5.75 Å². The first kappa shape index (κ1) is 13.8. The van der Waals surface area contributed by atoms with Gasteiger partial charge in [-0.3, -0.25) is 0 Å². The molecule has 0 aliphatic heterocycles. The van der Waals surface area contributed by atoms with E-state index >= 15 is 0 Å². The lowest BCUT2D eigenvalue weighted by Gasteiger charge is -2.11. The van der Waals surface area contributed by atoms with Crippen LogP contribution >= 0.6 is 11.3 Å². The zero-order valence-corrected chi connectivity index (χ0v) is 13.0. The second-order valence-electron chi connectivity index (χ2n) is 4.75. The van der Waals surface area contributed by atoms with E-state index in [1.807, 2.05) is 43.7 Å². The zero-order chi connectivity index (χ0) is 14.8. The maximum absolute atomic E-state index is 5.52. The first-order chi connectivity index (χ1) is 10.2. The van der Waals surface area contributed by atoms with Crippen LogP contribution in [0, 0.1) is 0 Å². The van der Waals surface area contributed by atoms with Gasteiger partial charge in [-0.05, 0) is 32.0 Å². The predicted molar refractivity (Wildman–Crippen MR) is 83.8 cm³/mol. The highest BCUT2D eigenvalue weighted by Gasteiger charge is 2.13. The van der Waals surface area contributed by atoms with E-state index in [-0.39, 0.29) is 6.04 Å². The maximum Gasteiger partial charge on any atom is 0.184 e. The average Bonchev–Trinajstić information content (AvgIpc) is 3.04. The Labute approximate surface area is 126 Å². The summed E-state index contributed by atoms with van der Waals surface area (Å²) in [5.74, 6) is 1.76. The van der Waals surface area contributed by atoms with E-state index in [9.17, 15) is 0 Å². The lowest BCUT2D eigenvalue weighted by molar-refractivity contribution is 0.341. The summed E-state index contributed by atoms with van der Waals surface area (Å²) < 4.78 is 8.52. The lowest BCUT2D eigenvalue weighted by atomic mass is 10.3. The maximum atomic E-state index is 5.52. The van der Waals surface area contributed by atoms with Crippen molar-refractivity contribution in [2.24, 2.45) is 7.05 Å². The fourth-order valence-corrected chi connectivity index (χ4v) is 3.14. The minimum atomic E-state index is 0.0458. The second kappa shape index (κ2) is 5.69. The SMILES string of the molecule is CCOc1ccc2nc(NC(C)c3nncn3C)sc2c1. The van der Waals surface area contributed by atoms with Crippen LogP contribution in [-0.2, 0) is 7.05 Å². The number of benzene rings is 1. The first-order valence-corrected chi connectivity index (χ1v) is 7.63. The molecular weight excluding hydrogens is 286 g/mol. The van der Waals surface area contributed by atoms with Crippen molar-refractivity contribution in [3.05, 3.63) is 30.4 Å². The third kappa shape index (κ3) is 2.82. The summed E-state index contributed by atoms with van der Waals surface area (Å²) in [6.07, 6.45) is 1.69. The van der Waals surface area contributed by atoms with Crippen molar-refractivity contribution in [2.75, 3.05) is 11.9 Å². The highest BCUT2D eigenvalue weighted by atomic mass is 32.1. The largest absolute Gasteiger partial charge is 0.494 e. The molecule has 0 bridgehead atoms. The van der Waals surface area contributed by atoms with Crippen molar-refractivity contribution in [2.45, 2.75) is 19.9 Å². The number of hydrogen-bond donors (Lipinski definition) is 1. The quantitative estimate of drug-likeness (QED) is 0.785. The van der Waals surface area contributed by atoms with Gasteiger partial charge in [-0.25, -0.2) is 4.98 Å². The molecule has 0 fully saturated rings. The van der Waals surface area contributed by atoms with Gasteiger partial charge >= 0.3 is 0 Å². The van der Waals surface area contributed by atoms with E-state index in [1.54, 1.807) is 17.7 Å². The van der Waals surface area contributed by atoms with Crippen molar-refractivity contribution in [1.29, 1.82) is 0 Å². The third-order valence-electron chi connectivity index (χ3n) is 3.14. The summed E-state index contributed by atoms with van der Waals surface area (Å²) in [6, 6.07) is 6.00. The molecule has 21 heavy (non-hydrogen) atoms. The molecule has 110 valence electrons. The molecule has 2 aromatic heterocycles. The number of aromatic nitrogens is 4. The molecule has 0 spiro atoms. The van der Waals surface area contributed by atoms with E-state index in [0.717, 1.165) is 26.9 Å². The highest BCUT2D eigenvalue weighted by Crippen LogP contribution is 2.30. The number of ether oxygens (including phenoxy) is 1. The highest BCUT2D eigenvalue weighted by molar-refractivity contribution is 7.22. The first-order valence-electron chi connectivity index (χ1n) is 6.81. The molecule has 1 N–H and O–H groups in total. The Morgan fingerprint density at radius 1 is 1.43 bits per heavy atom. The fraction of sp³-hybridized carbons (Fsp3) is 0.357. The topological polar surface area (TPSA) is 64.9 Å². The normalized spacial score (nSPS) is 12.5. The van der Waals surface area contributed by atoms with Crippen LogP contribution < -0.4 is 10.1 Å². The van der Waals surface area contributed by atoms with Gasteiger partial charge in [0.1, 0.15) is 12.1 Å². The Hall–Kier alpha value is -2.15. The zero-order valence-electron chi connectivity index (χ0n) is 12.2. The smallest absolute Gasteiger partial charge is 0.184 e. The minimum Gasteiger partial charge on any atom is -0.494 e. The van der Waals surface area contributed by atoms with Gasteiger partial charge in [-0.15, -0.1) is 10.2 Å². The summed E-state index contributed by atoms with van der Waals surface area (Å²) in [6.45, 7) is 4.69. The molecule has 3 rings (SSSR count). The van der Waals surface area contributed by atoms with E-state index in [1.165, 1.54) is 0 Å². The molecule has 2 heterocycles. The van der Waals surface area contributed by atoms with Gasteiger partial charge in [0.25, 0.3) is 0 Å².